The molecule has 2 heterocycles. The molecule has 110 valence electrons. The van der Waals surface area contributed by atoms with Crippen LogP contribution in [0.2, 0.25) is 5.15 Å². The summed E-state index contributed by atoms with van der Waals surface area (Å²) in [4.78, 5) is 18.4. The summed E-state index contributed by atoms with van der Waals surface area (Å²) in [5.74, 6) is -0.555. The van der Waals surface area contributed by atoms with E-state index in [0.717, 1.165) is 0 Å². The number of carbonyl (C=O) groups is 1. The van der Waals surface area contributed by atoms with Crippen molar-refractivity contribution in [3.63, 3.8) is 0 Å². The molecule has 1 aliphatic rings. The van der Waals surface area contributed by atoms with Crippen molar-refractivity contribution in [2.24, 2.45) is 0 Å². The zero-order chi connectivity index (χ0) is 15.0. The third kappa shape index (κ3) is 2.84. The Kier molecular flexibility index (Phi) is 3.78. The molecule has 1 fully saturated rings. The molecular weight excluding hydrogens is 295 g/mol. The molecule has 0 bridgehead atoms. The first-order valence-electron chi connectivity index (χ1n) is 6.71. The number of aromatic nitrogens is 1. The molecule has 0 N–H and O–H groups in total. The van der Waals surface area contributed by atoms with Crippen molar-refractivity contribution < 1.29 is 13.9 Å². The van der Waals surface area contributed by atoms with E-state index in [4.69, 9.17) is 16.3 Å². The number of ether oxygens (including phenoxy) is 1. The van der Waals surface area contributed by atoms with Crippen molar-refractivity contribution in [1.82, 2.24) is 9.88 Å². The molecule has 21 heavy (non-hydrogen) atoms. The van der Waals surface area contributed by atoms with E-state index in [1.807, 2.05) is 6.92 Å². The minimum atomic E-state index is -0.382. The number of morpholine rings is 1. The highest BCUT2D eigenvalue weighted by Gasteiger charge is 2.24. The molecule has 2 aromatic rings. The lowest BCUT2D eigenvalue weighted by atomic mass is 10.1. The summed E-state index contributed by atoms with van der Waals surface area (Å²) in [7, 11) is 0. The van der Waals surface area contributed by atoms with Gasteiger partial charge in [0.1, 0.15) is 11.0 Å². The summed E-state index contributed by atoms with van der Waals surface area (Å²) in [6.07, 6.45) is 0.00369. The predicted molar refractivity (Wildman–Crippen MR) is 78.0 cm³/mol. The Morgan fingerprint density at radius 1 is 1.48 bits per heavy atom. The van der Waals surface area contributed by atoms with Crippen LogP contribution in [0, 0.1) is 5.82 Å². The van der Waals surface area contributed by atoms with E-state index in [9.17, 15) is 9.18 Å². The largest absolute Gasteiger partial charge is 0.375 e. The number of halogens is 2. The Morgan fingerprint density at radius 3 is 3.05 bits per heavy atom. The van der Waals surface area contributed by atoms with Crippen LogP contribution in [0.4, 0.5) is 4.39 Å². The van der Waals surface area contributed by atoms with Gasteiger partial charge in [-0.25, -0.2) is 9.37 Å². The number of rotatable bonds is 1. The van der Waals surface area contributed by atoms with E-state index in [0.29, 0.717) is 36.2 Å². The van der Waals surface area contributed by atoms with E-state index in [-0.39, 0.29) is 23.0 Å². The minimum Gasteiger partial charge on any atom is -0.375 e. The zero-order valence-electron chi connectivity index (χ0n) is 11.5. The molecule has 1 atom stereocenters. The SMILES string of the molecule is CC1CN(C(=O)c2cc3ccc(F)cc3nc2Cl)CCO1. The molecule has 4 nitrogen and oxygen atoms in total. The first kappa shape index (κ1) is 14.2. The number of nitrogens with zero attached hydrogens (tertiary/aromatic N) is 2. The Balaban J connectivity index is 1.97. The second-order valence-electron chi connectivity index (χ2n) is 5.10. The average Bonchev–Trinajstić information content (AvgIpc) is 2.45. The molecule has 6 heteroatoms. The molecule has 0 saturated carbocycles. The highest BCUT2D eigenvalue weighted by molar-refractivity contribution is 6.33. The fourth-order valence-electron chi connectivity index (χ4n) is 2.44. The van der Waals surface area contributed by atoms with Crippen molar-refractivity contribution in [2.75, 3.05) is 19.7 Å². The Bertz CT molecular complexity index is 707. The number of benzene rings is 1. The average molecular weight is 309 g/mol. The van der Waals surface area contributed by atoms with Crippen molar-refractivity contribution in [3.05, 3.63) is 40.8 Å². The van der Waals surface area contributed by atoms with Gasteiger partial charge in [0.15, 0.2) is 0 Å². The summed E-state index contributed by atoms with van der Waals surface area (Å²) in [6, 6.07) is 5.88. The summed E-state index contributed by atoms with van der Waals surface area (Å²) in [6.45, 7) is 3.48. The molecular formula is C15H14ClFN2O2. The van der Waals surface area contributed by atoms with Crippen LogP contribution in [0.15, 0.2) is 24.3 Å². The number of amides is 1. The van der Waals surface area contributed by atoms with Crippen LogP contribution in [0.25, 0.3) is 10.9 Å². The summed E-state index contributed by atoms with van der Waals surface area (Å²) in [5.41, 5.74) is 0.775. The lowest BCUT2D eigenvalue weighted by molar-refractivity contribution is -0.0124. The van der Waals surface area contributed by atoms with Gasteiger partial charge in [-0.15, -0.1) is 0 Å². The van der Waals surface area contributed by atoms with Crippen LogP contribution in [0.3, 0.4) is 0 Å². The normalized spacial score (nSPS) is 19.0. The van der Waals surface area contributed by atoms with Crippen LogP contribution in [-0.4, -0.2) is 41.6 Å². The van der Waals surface area contributed by atoms with Gasteiger partial charge < -0.3 is 9.64 Å². The van der Waals surface area contributed by atoms with Gasteiger partial charge >= 0.3 is 0 Å². The van der Waals surface area contributed by atoms with Crippen LogP contribution in [-0.2, 0) is 4.74 Å². The van der Waals surface area contributed by atoms with E-state index in [1.54, 1.807) is 17.0 Å². The molecule has 0 spiro atoms. The van der Waals surface area contributed by atoms with Crippen LogP contribution < -0.4 is 0 Å². The number of hydrogen-bond donors (Lipinski definition) is 0. The number of fused-ring (bicyclic) bond motifs is 1. The predicted octanol–water partition coefficient (Wildman–Crippen LogP) is 2.89. The van der Waals surface area contributed by atoms with E-state index in [2.05, 4.69) is 4.98 Å². The Labute approximate surface area is 126 Å². The summed E-state index contributed by atoms with van der Waals surface area (Å²) < 4.78 is 18.6. The standard InChI is InChI=1S/C15H14ClFN2O2/c1-9-8-19(4-5-21-9)15(20)12-6-10-2-3-11(17)7-13(10)18-14(12)16/h2-3,6-7,9H,4-5,8H2,1H3. The van der Waals surface area contributed by atoms with Gasteiger partial charge in [-0.3, -0.25) is 4.79 Å². The first-order chi connectivity index (χ1) is 10.0. The van der Waals surface area contributed by atoms with Crippen molar-refractivity contribution >= 4 is 28.4 Å². The van der Waals surface area contributed by atoms with Gasteiger partial charge in [-0.2, -0.15) is 0 Å². The maximum absolute atomic E-state index is 13.2. The summed E-state index contributed by atoms with van der Waals surface area (Å²) in [5, 5.41) is 0.780. The topological polar surface area (TPSA) is 42.4 Å². The lowest BCUT2D eigenvalue weighted by Gasteiger charge is -2.31. The number of carbonyl (C=O) groups excluding carboxylic acids is 1. The van der Waals surface area contributed by atoms with Crippen LogP contribution >= 0.6 is 11.6 Å². The van der Waals surface area contributed by atoms with Crippen molar-refractivity contribution in [2.45, 2.75) is 13.0 Å². The molecule has 1 saturated heterocycles. The molecule has 3 rings (SSSR count). The molecule has 0 radical (unpaired) electrons. The highest BCUT2D eigenvalue weighted by Crippen LogP contribution is 2.23. The molecule has 1 aromatic heterocycles. The first-order valence-corrected chi connectivity index (χ1v) is 7.09. The van der Waals surface area contributed by atoms with Crippen molar-refractivity contribution in [3.8, 4) is 0 Å². The molecule has 0 aliphatic carbocycles. The molecule has 1 unspecified atom stereocenters. The van der Waals surface area contributed by atoms with Crippen LogP contribution in [0.1, 0.15) is 17.3 Å². The van der Waals surface area contributed by atoms with Gasteiger partial charge in [0, 0.05) is 24.5 Å². The number of pyridine rings is 1. The third-order valence-corrected chi connectivity index (χ3v) is 3.78. The third-order valence-electron chi connectivity index (χ3n) is 3.49. The summed E-state index contributed by atoms with van der Waals surface area (Å²) >= 11 is 6.09. The Hall–Kier alpha value is -1.72. The second kappa shape index (κ2) is 5.58. The Morgan fingerprint density at radius 2 is 2.29 bits per heavy atom. The van der Waals surface area contributed by atoms with E-state index in [1.165, 1.54) is 12.1 Å². The van der Waals surface area contributed by atoms with E-state index >= 15 is 0 Å². The quantitative estimate of drug-likeness (QED) is 0.761. The maximum Gasteiger partial charge on any atom is 0.257 e. The monoisotopic (exact) mass is 308 g/mol. The minimum absolute atomic E-state index is 0.00369. The van der Waals surface area contributed by atoms with Gasteiger partial charge in [-0.1, -0.05) is 11.6 Å². The smallest absolute Gasteiger partial charge is 0.257 e. The van der Waals surface area contributed by atoms with Crippen LogP contribution in [0.5, 0.6) is 0 Å². The van der Waals surface area contributed by atoms with Crippen molar-refractivity contribution in [1.29, 1.82) is 0 Å². The lowest BCUT2D eigenvalue weighted by Crippen LogP contribution is -2.44. The molecule has 1 amide bonds. The van der Waals surface area contributed by atoms with Gasteiger partial charge in [-0.05, 0) is 25.1 Å². The van der Waals surface area contributed by atoms with E-state index < -0.39 is 0 Å². The maximum atomic E-state index is 13.2. The zero-order valence-corrected chi connectivity index (χ0v) is 12.2. The number of hydrogen-bond acceptors (Lipinski definition) is 3. The second-order valence-corrected chi connectivity index (χ2v) is 5.45. The molecule has 1 aliphatic heterocycles. The highest BCUT2D eigenvalue weighted by atomic mass is 35.5. The molecule has 1 aromatic carbocycles. The van der Waals surface area contributed by atoms with Gasteiger partial charge in [0.05, 0.1) is 23.8 Å². The van der Waals surface area contributed by atoms with Gasteiger partial charge in [0.25, 0.3) is 5.91 Å². The van der Waals surface area contributed by atoms with Gasteiger partial charge in [0.2, 0.25) is 0 Å². The fraction of sp³-hybridized carbons (Fsp3) is 0.333. The fourth-order valence-corrected chi connectivity index (χ4v) is 2.67.